The van der Waals surface area contributed by atoms with Gasteiger partial charge in [-0.2, -0.15) is 12.7 Å². The molecule has 21 heavy (non-hydrogen) atoms. The van der Waals surface area contributed by atoms with Crippen molar-refractivity contribution < 1.29 is 23.1 Å². The third kappa shape index (κ3) is 3.52. The minimum absolute atomic E-state index is 0.0814. The molecule has 0 saturated carbocycles. The minimum Gasteiger partial charge on any atom is -0.481 e. The van der Waals surface area contributed by atoms with Crippen LogP contribution >= 0.6 is 11.3 Å². The van der Waals surface area contributed by atoms with Gasteiger partial charge >= 0.3 is 16.2 Å². The molecule has 2 heterocycles. The molecule has 1 aromatic heterocycles. The summed E-state index contributed by atoms with van der Waals surface area (Å²) >= 11 is 1.04. The average Bonchev–Trinajstić information content (AvgIpc) is 2.86. The summed E-state index contributed by atoms with van der Waals surface area (Å²) in [5.41, 5.74) is 5.25. The van der Waals surface area contributed by atoms with E-state index in [0.29, 0.717) is 12.8 Å². The number of carbonyl (C=O) groups excluding carboxylic acids is 1. The van der Waals surface area contributed by atoms with Crippen molar-refractivity contribution in [1.29, 1.82) is 0 Å². The number of primary amides is 1. The molecular weight excluding hydrogens is 318 g/mol. The molecular formula is C11H15N3O5S2. The average molecular weight is 333 g/mol. The summed E-state index contributed by atoms with van der Waals surface area (Å²) in [5, 5.41) is 10.7. The van der Waals surface area contributed by atoms with Crippen molar-refractivity contribution in [3.05, 3.63) is 17.0 Å². The number of aliphatic carboxylic acids is 1. The number of carbonyl (C=O) groups is 2. The zero-order chi connectivity index (χ0) is 15.6. The van der Waals surface area contributed by atoms with Crippen LogP contribution in [0.1, 0.15) is 23.2 Å². The van der Waals surface area contributed by atoms with Gasteiger partial charge in [0, 0.05) is 13.1 Å². The SMILES string of the molecule is NC(=O)c1ccsc1NS(=O)(=O)N1CCCC(C(=O)O)C1. The Labute approximate surface area is 125 Å². The highest BCUT2D eigenvalue weighted by atomic mass is 32.2. The standard InChI is InChI=1S/C11H15N3O5S2/c12-9(15)8-3-5-20-10(8)13-21(18,19)14-4-1-2-7(6-14)11(16)17/h3,5,7,13H,1-2,4,6H2,(H2,12,15)(H,16,17). The van der Waals surface area contributed by atoms with Crippen molar-refractivity contribution in [2.45, 2.75) is 12.8 Å². The second-order valence-corrected chi connectivity index (χ2v) is 7.26. The maximum absolute atomic E-state index is 12.3. The Bertz CT molecular complexity index is 655. The highest BCUT2D eigenvalue weighted by Gasteiger charge is 2.32. The third-order valence-corrected chi connectivity index (χ3v) is 5.66. The molecule has 0 spiro atoms. The van der Waals surface area contributed by atoms with Crippen molar-refractivity contribution in [2.75, 3.05) is 17.8 Å². The molecule has 0 aromatic carbocycles. The zero-order valence-electron chi connectivity index (χ0n) is 11.0. The van der Waals surface area contributed by atoms with Gasteiger partial charge in [-0.25, -0.2) is 0 Å². The first-order chi connectivity index (χ1) is 9.81. The molecule has 1 aromatic rings. The maximum Gasteiger partial charge on any atom is 0.307 e. The molecule has 1 saturated heterocycles. The Morgan fingerprint density at radius 2 is 2.19 bits per heavy atom. The molecule has 0 aliphatic carbocycles. The van der Waals surface area contributed by atoms with E-state index in [1.165, 1.54) is 6.07 Å². The topological polar surface area (TPSA) is 130 Å². The number of hydrogen-bond acceptors (Lipinski definition) is 5. The van der Waals surface area contributed by atoms with E-state index < -0.39 is 28.0 Å². The first-order valence-electron chi connectivity index (χ1n) is 6.19. The fourth-order valence-electron chi connectivity index (χ4n) is 2.13. The summed E-state index contributed by atoms with van der Waals surface area (Å²) in [7, 11) is -3.91. The smallest absolute Gasteiger partial charge is 0.307 e. The van der Waals surface area contributed by atoms with E-state index in [0.717, 1.165) is 15.6 Å². The monoisotopic (exact) mass is 333 g/mol. The Hall–Kier alpha value is -1.65. The lowest BCUT2D eigenvalue weighted by atomic mass is 10.0. The normalized spacial score (nSPS) is 20.1. The first-order valence-corrected chi connectivity index (χ1v) is 8.51. The Morgan fingerprint density at radius 3 is 2.81 bits per heavy atom. The molecule has 1 fully saturated rings. The highest BCUT2D eigenvalue weighted by molar-refractivity contribution is 7.90. The number of thiophene rings is 1. The summed E-state index contributed by atoms with van der Waals surface area (Å²) in [6.45, 7) is 0.165. The molecule has 1 unspecified atom stereocenters. The van der Waals surface area contributed by atoms with Crippen LogP contribution in [0.4, 0.5) is 5.00 Å². The number of nitrogens with one attached hydrogen (secondary N) is 1. The highest BCUT2D eigenvalue weighted by Crippen LogP contribution is 2.26. The van der Waals surface area contributed by atoms with E-state index >= 15 is 0 Å². The van der Waals surface area contributed by atoms with Gasteiger partial charge in [0.05, 0.1) is 11.5 Å². The fourth-order valence-corrected chi connectivity index (χ4v) is 4.49. The van der Waals surface area contributed by atoms with E-state index in [-0.39, 0.29) is 23.7 Å². The van der Waals surface area contributed by atoms with Crippen molar-refractivity contribution in [3.63, 3.8) is 0 Å². The van der Waals surface area contributed by atoms with Crippen LogP contribution in [-0.2, 0) is 15.0 Å². The molecule has 1 aliphatic heterocycles. The molecule has 2 rings (SSSR count). The van der Waals surface area contributed by atoms with Crippen molar-refractivity contribution in [3.8, 4) is 0 Å². The second-order valence-electron chi connectivity index (χ2n) is 4.67. The third-order valence-electron chi connectivity index (χ3n) is 3.23. The zero-order valence-corrected chi connectivity index (χ0v) is 12.6. The van der Waals surface area contributed by atoms with Gasteiger partial charge in [-0.05, 0) is 24.3 Å². The van der Waals surface area contributed by atoms with E-state index in [2.05, 4.69) is 4.72 Å². The van der Waals surface area contributed by atoms with Crippen LogP contribution in [0, 0.1) is 5.92 Å². The van der Waals surface area contributed by atoms with Gasteiger partial charge in [-0.3, -0.25) is 14.3 Å². The van der Waals surface area contributed by atoms with E-state index in [1.807, 2.05) is 0 Å². The molecule has 4 N–H and O–H groups in total. The summed E-state index contributed by atoms with van der Waals surface area (Å²) in [6, 6.07) is 1.43. The Balaban J connectivity index is 2.16. The molecule has 1 atom stereocenters. The van der Waals surface area contributed by atoms with E-state index in [1.54, 1.807) is 5.38 Å². The van der Waals surface area contributed by atoms with Crippen LogP contribution in [0.15, 0.2) is 11.4 Å². The molecule has 8 nitrogen and oxygen atoms in total. The second kappa shape index (κ2) is 6.00. The largest absolute Gasteiger partial charge is 0.481 e. The molecule has 1 aliphatic rings. The van der Waals surface area contributed by atoms with Crippen molar-refractivity contribution in [2.24, 2.45) is 11.7 Å². The van der Waals surface area contributed by atoms with Gasteiger partial charge in [-0.1, -0.05) is 0 Å². The van der Waals surface area contributed by atoms with Gasteiger partial charge in [0.25, 0.3) is 5.91 Å². The number of rotatable bonds is 5. The number of nitrogens with two attached hydrogens (primary N) is 1. The van der Waals surface area contributed by atoms with Crippen LogP contribution in [0.3, 0.4) is 0 Å². The van der Waals surface area contributed by atoms with Crippen molar-refractivity contribution >= 4 is 38.4 Å². The Kier molecular flexibility index (Phi) is 4.49. The van der Waals surface area contributed by atoms with Gasteiger partial charge in [0.1, 0.15) is 5.00 Å². The van der Waals surface area contributed by atoms with Gasteiger partial charge in [0.15, 0.2) is 0 Å². The number of hydrogen-bond donors (Lipinski definition) is 3. The molecule has 0 radical (unpaired) electrons. The van der Waals surface area contributed by atoms with Crippen LogP contribution in [0.5, 0.6) is 0 Å². The number of carboxylic acids is 1. The quantitative estimate of drug-likeness (QED) is 0.713. The Morgan fingerprint density at radius 1 is 1.48 bits per heavy atom. The van der Waals surface area contributed by atoms with Gasteiger partial charge < -0.3 is 10.8 Å². The first kappa shape index (κ1) is 15.7. The lowest BCUT2D eigenvalue weighted by molar-refractivity contribution is -0.142. The number of anilines is 1. The molecule has 10 heteroatoms. The predicted molar refractivity (Wildman–Crippen MR) is 77.3 cm³/mol. The van der Waals surface area contributed by atoms with Crippen LogP contribution in [0.2, 0.25) is 0 Å². The summed E-state index contributed by atoms with van der Waals surface area (Å²) in [6.07, 6.45) is 0.928. The van der Waals surface area contributed by atoms with Crippen LogP contribution in [0.25, 0.3) is 0 Å². The lowest BCUT2D eigenvalue weighted by Gasteiger charge is -2.29. The maximum atomic E-state index is 12.3. The number of piperidine rings is 1. The van der Waals surface area contributed by atoms with Crippen LogP contribution in [-0.4, -0.2) is 42.8 Å². The fraction of sp³-hybridized carbons (Fsp3) is 0.455. The van der Waals surface area contributed by atoms with E-state index in [9.17, 15) is 18.0 Å². The summed E-state index contributed by atoms with van der Waals surface area (Å²) < 4.78 is 27.9. The van der Waals surface area contributed by atoms with Crippen LogP contribution < -0.4 is 10.5 Å². The lowest BCUT2D eigenvalue weighted by Crippen LogP contribution is -2.44. The van der Waals surface area contributed by atoms with Gasteiger partial charge in [0.2, 0.25) is 0 Å². The van der Waals surface area contributed by atoms with Crippen molar-refractivity contribution in [1.82, 2.24) is 4.31 Å². The molecule has 1 amide bonds. The summed E-state index contributed by atoms with van der Waals surface area (Å²) in [5.74, 6) is -2.45. The molecule has 0 bridgehead atoms. The number of amides is 1. The minimum atomic E-state index is -3.91. The predicted octanol–water partition coefficient (Wildman–Crippen LogP) is 0.300. The number of nitrogens with zero attached hydrogens (tertiary/aromatic N) is 1. The number of carboxylic acid groups (broad SMARTS) is 1. The summed E-state index contributed by atoms with van der Waals surface area (Å²) in [4.78, 5) is 22.2. The van der Waals surface area contributed by atoms with E-state index in [4.69, 9.17) is 10.8 Å². The van der Waals surface area contributed by atoms with Gasteiger partial charge in [-0.15, -0.1) is 11.3 Å². The molecule has 116 valence electrons.